The molecule has 26 heavy (non-hydrogen) atoms. The predicted octanol–water partition coefficient (Wildman–Crippen LogP) is 3.48. The number of hydrogen-bond donors (Lipinski definition) is 1. The topological polar surface area (TPSA) is 73.9 Å². The lowest BCUT2D eigenvalue weighted by atomic mass is 10.2. The van der Waals surface area contributed by atoms with Crippen LogP contribution in [-0.4, -0.2) is 31.7 Å². The third-order valence-corrected chi connectivity index (χ3v) is 3.09. The van der Waals surface area contributed by atoms with Crippen LogP contribution >= 0.6 is 0 Å². The van der Waals surface area contributed by atoms with Crippen LogP contribution in [0.4, 0.5) is 14.5 Å². The molecule has 2 aromatic rings. The van der Waals surface area contributed by atoms with Gasteiger partial charge in [0.05, 0.1) is 17.9 Å². The maximum atomic E-state index is 12.2. The second-order valence-corrected chi connectivity index (χ2v) is 4.96. The summed E-state index contributed by atoms with van der Waals surface area (Å²) in [6.45, 7) is -1.30. The van der Waals surface area contributed by atoms with Gasteiger partial charge in [-0.2, -0.15) is 8.78 Å². The minimum absolute atomic E-state index is 0.00864. The SMILES string of the molecule is CCOc1ccccc1NC(=O)COC(=O)c1cccc(OC(F)F)c1. The Morgan fingerprint density at radius 1 is 1.12 bits per heavy atom. The number of halogens is 2. The van der Waals surface area contributed by atoms with Gasteiger partial charge in [0.15, 0.2) is 6.61 Å². The third kappa shape index (κ3) is 5.73. The monoisotopic (exact) mass is 365 g/mol. The number of esters is 1. The summed E-state index contributed by atoms with van der Waals surface area (Å²) in [6.07, 6.45) is 0. The van der Waals surface area contributed by atoms with E-state index in [2.05, 4.69) is 10.1 Å². The molecule has 0 saturated carbocycles. The normalized spacial score (nSPS) is 10.3. The van der Waals surface area contributed by atoms with Crippen LogP contribution in [0.5, 0.6) is 11.5 Å². The highest BCUT2D eigenvalue weighted by Crippen LogP contribution is 2.23. The number of rotatable bonds is 8. The molecule has 0 unspecified atom stereocenters. The maximum absolute atomic E-state index is 12.2. The van der Waals surface area contributed by atoms with Crippen molar-refractivity contribution in [2.75, 3.05) is 18.5 Å². The highest BCUT2D eigenvalue weighted by atomic mass is 19.3. The minimum Gasteiger partial charge on any atom is -0.492 e. The predicted molar refractivity (Wildman–Crippen MR) is 89.6 cm³/mol. The van der Waals surface area contributed by atoms with Crippen LogP contribution in [0.3, 0.4) is 0 Å². The van der Waals surface area contributed by atoms with Gasteiger partial charge in [-0.15, -0.1) is 0 Å². The molecule has 0 aliphatic heterocycles. The minimum atomic E-state index is -3.00. The zero-order valence-corrected chi connectivity index (χ0v) is 13.9. The zero-order chi connectivity index (χ0) is 18.9. The lowest BCUT2D eigenvalue weighted by Crippen LogP contribution is -2.21. The van der Waals surface area contributed by atoms with E-state index in [1.165, 1.54) is 18.2 Å². The van der Waals surface area contributed by atoms with Crippen molar-refractivity contribution in [1.29, 1.82) is 0 Å². The first-order valence-electron chi connectivity index (χ1n) is 7.73. The van der Waals surface area contributed by atoms with E-state index in [1.54, 1.807) is 24.3 Å². The van der Waals surface area contributed by atoms with Crippen LogP contribution in [-0.2, 0) is 9.53 Å². The summed E-state index contributed by atoms with van der Waals surface area (Å²) >= 11 is 0. The van der Waals surface area contributed by atoms with E-state index in [4.69, 9.17) is 9.47 Å². The number of carbonyl (C=O) groups excluding carboxylic acids is 2. The number of ether oxygens (including phenoxy) is 3. The summed E-state index contributed by atoms with van der Waals surface area (Å²) < 4.78 is 38.9. The fourth-order valence-electron chi connectivity index (χ4n) is 2.05. The van der Waals surface area contributed by atoms with Gasteiger partial charge < -0.3 is 19.5 Å². The molecule has 138 valence electrons. The van der Waals surface area contributed by atoms with Crippen LogP contribution in [0.25, 0.3) is 0 Å². The molecule has 0 aliphatic rings. The molecule has 0 saturated heterocycles. The van der Waals surface area contributed by atoms with Gasteiger partial charge in [-0.1, -0.05) is 18.2 Å². The molecule has 1 N–H and O–H groups in total. The highest BCUT2D eigenvalue weighted by Gasteiger charge is 2.13. The standard InChI is InChI=1S/C18H17F2NO5/c1-2-24-15-9-4-3-8-14(15)21-16(22)11-25-17(23)12-6-5-7-13(10-12)26-18(19)20/h3-10,18H,2,11H2,1H3,(H,21,22). The Morgan fingerprint density at radius 2 is 1.88 bits per heavy atom. The lowest BCUT2D eigenvalue weighted by Gasteiger charge is -2.11. The molecule has 0 aliphatic carbocycles. The lowest BCUT2D eigenvalue weighted by molar-refractivity contribution is -0.119. The van der Waals surface area contributed by atoms with Gasteiger partial charge in [0.2, 0.25) is 0 Å². The van der Waals surface area contributed by atoms with E-state index >= 15 is 0 Å². The number of nitrogens with one attached hydrogen (secondary N) is 1. The Bertz CT molecular complexity index is 767. The second-order valence-electron chi connectivity index (χ2n) is 4.96. The number of anilines is 1. The van der Waals surface area contributed by atoms with E-state index in [-0.39, 0.29) is 11.3 Å². The summed E-state index contributed by atoms with van der Waals surface area (Å²) in [5, 5.41) is 2.57. The van der Waals surface area contributed by atoms with Crippen molar-refractivity contribution < 1.29 is 32.6 Å². The molecule has 0 radical (unpaired) electrons. The van der Waals surface area contributed by atoms with Crippen molar-refractivity contribution in [2.24, 2.45) is 0 Å². The largest absolute Gasteiger partial charge is 0.492 e. The number of alkyl halides is 2. The van der Waals surface area contributed by atoms with Crippen molar-refractivity contribution in [2.45, 2.75) is 13.5 Å². The van der Waals surface area contributed by atoms with Gasteiger partial charge in [0.1, 0.15) is 11.5 Å². The van der Waals surface area contributed by atoms with E-state index in [0.717, 1.165) is 6.07 Å². The molecule has 0 atom stereocenters. The molecule has 1 amide bonds. The Kier molecular flexibility index (Phi) is 6.90. The first-order chi connectivity index (χ1) is 12.5. The van der Waals surface area contributed by atoms with Gasteiger partial charge >= 0.3 is 12.6 Å². The summed E-state index contributed by atoms with van der Waals surface area (Å²) in [5.74, 6) is -1.08. The first-order valence-corrected chi connectivity index (χ1v) is 7.73. The van der Waals surface area contributed by atoms with Crippen molar-refractivity contribution in [3.63, 3.8) is 0 Å². The van der Waals surface area contributed by atoms with Crippen LogP contribution in [0.2, 0.25) is 0 Å². The van der Waals surface area contributed by atoms with Crippen molar-refractivity contribution in [3.05, 3.63) is 54.1 Å². The first kappa shape index (κ1) is 19.2. The second kappa shape index (κ2) is 9.36. The maximum Gasteiger partial charge on any atom is 0.387 e. The number of para-hydroxylation sites is 2. The molecule has 0 spiro atoms. The molecule has 0 bridgehead atoms. The summed E-state index contributed by atoms with van der Waals surface area (Å²) in [4.78, 5) is 23.9. The van der Waals surface area contributed by atoms with Gasteiger partial charge in [-0.3, -0.25) is 4.79 Å². The van der Waals surface area contributed by atoms with E-state index in [0.29, 0.717) is 18.0 Å². The molecule has 6 nitrogen and oxygen atoms in total. The molecular formula is C18H17F2NO5. The summed E-state index contributed by atoms with van der Waals surface area (Å²) in [6, 6.07) is 11.9. The van der Waals surface area contributed by atoms with Gasteiger partial charge in [-0.05, 0) is 37.3 Å². The summed E-state index contributed by atoms with van der Waals surface area (Å²) in [7, 11) is 0. The van der Waals surface area contributed by atoms with Gasteiger partial charge in [0.25, 0.3) is 5.91 Å². The number of hydrogen-bond acceptors (Lipinski definition) is 5. The highest BCUT2D eigenvalue weighted by molar-refractivity contribution is 5.96. The van der Waals surface area contributed by atoms with Crippen LogP contribution in [0.15, 0.2) is 48.5 Å². The third-order valence-electron chi connectivity index (χ3n) is 3.09. The smallest absolute Gasteiger partial charge is 0.387 e. The molecule has 2 rings (SSSR count). The number of benzene rings is 2. The Morgan fingerprint density at radius 3 is 2.62 bits per heavy atom. The molecule has 0 fully saturated rings. The van der Waals surface area contributed by atoms with E-state index < -0.39 is 25.1 Å². The number of carbonyl (C=O) groups is 2. The van der Waals surface area contributed by atoms with E-state index in [9.17, 15) is 18.4 Å². The van der Waals surface area contributed by atoms with Crippen LogP contribution in [0.1, 0.15) is 17.3 Å². The fraction of sp³-hybridized carbons (Fsp3) is 0.222. The average molecular weight is 365 g/mol. The van der Waals surface area contributed by atoms with Crippen LogP contribution in [0, 0.1) is 0 Å². The molecule has 0 heterocycles. The zero-order valence-electron chi connectivity index (χ0n) is 13.9. The average Bonchev–Trinajstić information content (AvgIpc) is 2.61. The molecule has 2 aromatic carbocycles. The van der Waals surface area contributed by atoms with Crippen molar-refractivity contribution >= 4 is 17.6 Å². The fourth-order valence-corrected chi connectivity index (χ4v) is 2.05. The Hall–Kier alpha value is -3.16. The molecular weight excluding hydrogens is 348 g/mol. The summed E-state index contributed by atoms with van der Waals surface area (Å²) in [5.41, 5.74) is 0.438. The van der Waals surface area contributed by atoms with Crippen molar-refractivity contribution in [1.82, 2.24) is 0 Å². The van der Waals surface area contributed by atoms with Crippen molar-refractivity contribution in [3.8, 4) is 11.5 Å². The van der Waals surface area contributed by atoms with Crippen LogP contribution < -0.4 is 14.8 Å². The van der Waals surface area contributed by atoms with Gasteiger partial charge in [0, 0.05) is 0 Å². The Labute approximate surface area is 148 Å². The quantitative estimate of drug-likeness (QED) is 0.725. The van der Waals surface area contributed by atoms with E-state index in [1.807, 2.05) is 6.92 Å². The molecule has 0 aromatic heterocycles. The Balaban J connectivity index is 1.92. The number of amides is 1. The van der Waals surface area contributed by atoms with Gasteiger partial charge in [-0.25, -0.2) is 4.79 Å². The molecule has 8 heteroatoms.